The highest BCUT2D eigenvalue weighted by molar-refractivity contribution is 5.86. The van der Waals surface area contributed by atoms with Gasteiger partial charge < -0.3 is 4.90 Å². The Labute approximate surface area is 206 Å². The van der Waals surface area contributed by atoms with Crippen molar-refractivity contribution in [3.05, 3.63) is 52.1 Å². The van der Waals surface area contributed by atoms with Gasteiger partial charge in [-0.15, -0.1) is 0 Å². The maximum atomic E-state index is 12.9. The summed E-state index contributed by atoms with van der Waals surface area (Å²) in [5.74, 6) is -0.713. The van der Waals surface area contributed by atoms with Gasteiger partial charge in [-0.25, -0.2) is 19.7 Å². The quantitative estimate of drug-likeness (QED) is 0.525. The van der Waals surface area contributed by atoms with Crippen molar-refractivity contribution in [2.75, 3.05) is 18.0 Å². The lowest BCUT2D eigenvalue weighted by molar-refractivity contribution is -0.145. The molecule has 1 aliphatic heterocycles. The summed E-state index contributed by atoms with van der Waals surface area (Å²) >= 11 is 0. The molecule has 1 aliphatic rings. The summed E-state index contributed by atoms with van der Waals surface area (Å²) in [6.07, 6.45) is -0.611. The van der Waals surface area contributed by atoms with Crippen LogP contribution in [0.15, 0.2) is 29.3 Å². The molecule has 1 fully saturated rings. The number of pyridine rings is 1. The minimum absolute atomic E-state index is 0.0187. The second kappa shape index (κ2) is 9.81. The molecule has 0 spiro atoms. The van der Waals surface area contributed by atoms with Crippen LogP contribution in [0.3, 0.4) is 0 Å². The van der Waals surface area contributed by atoms with Gasteiger partial charge in [0, 0.05) is 56.2 Å². The van der Waals surface area contributed by atoms with E-state index in [0.717, 1.165) is 12.8 Å². The largest absolute Gasteiger partial charge is 0.451 e. The van der Waals surface area contributed by atoms with E-state index in [4.69, 9.17) is 0 Å². The number of nitriles is 1. The summed E-state index contributed by atoms with van der Waals surface area (Å²) in [5, 5.41) is 9.37. The number of nitrogens with zero attached hydrogens (tertiary/aromatic N) is 8. The zero-order chi connectivity index (χ0) is 26.2. The highest BCUT2D eigenvalue weighted by Crippen LogP contribution is 2.34. The summed E-state index contributed by atoms with van der Waals surface area (Å²) in [7, 11) is 1.62. The van der Waals surface area contributed by atoms with Gasteiger partial charge in [0.05, 0.1) is 5.52 Å². The van der Waals surface area contributed by atoms with E-state index in [1.165, 1.54) is 17.0 Å². The summed E-state index contributed by atoms with van der Waals surface area (Å²) in [5.41, 5.74) is 1.50. The Bertz CT molecular complexity index is 1350. The van der Waals surface area contributed by atoms with Crippen molar-refractivity contribution in [3.8, 4) is 6.07 Å². The van der Waals surface area contributed by atoms with E-state index in [9.17, 15) is 23.2 Å². The van der Waals surface area contributed by atoms with E-state index in [1.54, 1.807) is 19.2 Å². The molecule has 0 saturated carbocycles. The van der Waals surface area contributed by atoms with Crippen molar-refractivity contribution < 1.29 is 13.2 Å². The third-order valence-electron chi connectivity index (χ3n) is 6.91. The Hall–Kier alpha value is -3.59. The molecule has 4 rings (SSSR count). The van der Waals surface area contributed by atoms with Crippen LogP contribution in [-0.4, -0.2) is 54.6 Å². The van der Waals surface area contributed by atoms with Gasteiger partial charge in [0.15, 0.2) is 5.82 Å². The first-order chi connectivity index (χ1) is 17.1. The lowest BCUT2D eigenvalue weighted by Gasteiger charge is -2.49. The number of alkyl halides is 3. The van der Waals surface area contributed by atoms with Gasteiger partial charge in [-0.3, -0.25) is 9.47 Å². The number of hydrogen-bond donors (Lipinski definition) is 0. The van der Waals surface area contributed by atoms with Gasteiger partial charge in [-0.05, 0) is 31.9 Å². The molecule has 9 nitrogen and oxygen atoms in total. The van der Waals surface area contributed by atoms with E-state index in [1.807, 2.05) is 26.8 Å². The molecule has 3 aromatic heterocycles. The van der Waals surface area contributed by atoms with E-state index < -0.39 is 17.7 Å². The number of piperazine rings is 1. The van der Waals surface area contributed by atoms with Crippen molar-refractivity contribution in [2.45, 2.75) is 57.9 Å². The number of hydrogen-bond acceptors (Lipinski definition) is 8. The van der Waals surface area contributed by atoms with Crippen LogP contribution >= 0.6 is 0 Å². The number of aryl methyl sites for hydroxylation is 1. The molecule has 0 aromatic carbocycles. The fourth-order valence-electron chi connectivity index (χ4n) is 4.78. The molecule has 0 bridgehead atoms. The molecule has 3 atom stereocenters. The molecular weight excluding hydrogens is 473 g/mol. The minimum Gasteiger partial charge on any atom is -0.349 e. The molecule has 1 saturated heterocycles. The molecule has 12 heteroatoms. The van der Waals surface area contributed by atoms with Crippen LogP contribution in [0.2, 0.25) is 0 Å². The van der Waals surface area contributed by atoms with Crippen molar-refractivity contribution >= 4 is 16.9 Å². The fraction of sp³-hybridized carbons (Fsp3) is 0.500. The second-order valence-electron chi connectivity index (χ2n) is 8.94. The summed E-state index contributed by atoms with van der Waals surface area (Å²) in [6.45, 7) is 7.14. The maximum absolute atomic E-state index is 12.9. The van der Waals surface area contributed by atoms with Crippen LogP contribution in [0.5, 0.6) is 0 Å². The van der Waals surface area contributed by atoms with Crippen molar-refractivity contribution in [2.24, 2.45) is 7.05 Å². The molecular formula is C24H27F3N8O. The van der Waals surface area contributed by atoms with Crippen LogP contribution in [0.25, 0.3) is 11.0 Å². The van der Waals surface area contributed by atoms with Crippen LogP contribution in [0, 0.1) is 11.3 Å². The smallest absolute Gasteiger partial charge is 0.349 e. The molecule has 4 heterocycles. The molecule has 190 valence electrons. The third kappa shape index (κ3) is 4.63. The first-order valence-electron chi connectivity index (χ1n) is 11.8. The average Bonchev–Trinajstić information content (AvgIpc) is 2.88. The number of rotatable bonds is 5. The SMILES string of the molecule is CC[C@H]1CN(C(C)c2cnc(C(F)(F)F)nc2)[C@H](CC)CN1c1nc(=O)n(C)c2ccc(C#N)nc12. The van der Waals surface area contributed by atoms with Gasteiger partial charge in [0.1, 0.15) is 17.3 Å². The molecule has 0 aliphatic carbocycles. The van der Waals surface area contributed by atoms with Crippen LogP contribution in [0.4, 0.5) is 19.0 Å². The third-order valence-corrected chi connectivity index (χ3v) is 6.91. The minimum atomic E-state index is -4.59. The topological polar surface area (TPSA) is 104 Å². The monoisotopic (exact) mass is 500 g/mol. The van der Waals surface area contributed by atoms with Crippen LogP contribution < -0.4 is 10.6 Å². The van der Waals surface area contributed by atoms with Crippen molar-refractivity contribution in [3.63, 3.8) is 0 Å². The lowest BCUT2D eigenvalue weighted by atomic mass is 9.98. The molecule has 1 unspecified atom stereocenters. The van der Waals surface area contributed by atoms with E-state index >= 15 is 0 Å². The van der Waals surface area contributed by atoms with E-state index in [-0.39, 0.29) is 23.8 Å². The molecule has 0 N–H and O–H groups in total. The first-order valence-corrected chi connectivity index (χ1v) is 11.8. The standard InChI is InChI=1S/C24H27F3N8O/c1-5-17-13-35(21-20-19(33(4)23(36)32-21)8-7-16(9-28)31-20)18(6-2)12-34(17)14(3)15-10-29-22(30-11-15)24(25,26)27/h7-8,10-11,14,17-18H,5-6,12-13H2,1-4H3/t14?,17-,18+/m1/s1. The maximum Gasteiger partial charge on any atom is 0.451 e. The zero-order valence-corrected chi connectivity index (χ0v) is 20.5. The molecule has 0 radical (unpaired) electrons. The van der Waals surface area contributed by atoms with Crippen LogP contribution in [-0.2, 0) is 13.2 Å². The Morgan fingerprint density at radius 2 is 1.78 bits per heavy atom. The first kappa shape index (κ1) is 25.5. The number of anilines is 1. The van der Waals surface area contributed by atoms with Gasteiger partial charge >= 0.3 is 11.9 Å². The number of fused-ring (bicyclic) bond motifs is 1. The Morgan fingerprint density at radius 3 is 2.36 bits per heavy atom. The Kier molecular flexibility index (Phi) is 6.95. The summed E-state index contributed by atoms with van der Waals surface area (Å²) in [6, 6.07) is 5.08. The van der Waals surface area contributed by atoms with Gasteiger partial charge in [0.25, 0.3) is 0 Å². The summed E-state index contributed by atoms with van der Waals surface area (Å²) in [4.78, 5) is 32.9. The van der Waals surface area contributed by atoms with Crippen LogP contribution in [0.1, 0.15) is 56.7 Å². The zero-order valence-electron chi connectivity index (χ0n) is 20.5. The Balaban J connectivity index is 1.70. The van der Waals surface area contributed by atoms with E-state index in [0.29, 0.717) is 35.5 Å². The van der Waals surface area contributed by atoms with Crippen molar-refractivity contribution in [1.29, 1.82) is 5.26 Å². The molecule has 36 heavy (non-hydrogen) atoms. The van der Waals surface area contributed by atoms with E-state index in [2.05, 4.69) is 29.7 Å². The average molecular weight is 501 g/mol. The van der Waals surface area contributed by atoms with Gasteiger partial charge in [0.2, 0.25) is 5.82 Å². The number of halogens is 3. The van der Waals surface area contributed by atoms with Gasteiger partial charge in [-0.1, -0.05) is 13.8 Å². The lowest BCUT2D eigenvalue weighted by Crippen LogP contribution is -2.59. The number of aromatic nitrogens is 5. The predicted octanol–water partition coefficient (Wildman–Crippen LogP) is 3.45. The predicted molar refractivity (Wildman–Crippen MR) is 127 cm³/mol. The van der Waals surface area contributed by atoms with Gasteiger partial charge in [-0.2, -0.15) is 23.4 Å². The highest BCUT2D eigenvalue weighted by atomic mass is 19.4. The molecule has 0 amide bonds. The highest BCUT2D eigenvalue weighted by Gasteiger charge is 2.38. The normalized spacial score (nSPS) is 19.9. The molecule has 3 aromatic rings. The fourth-order valence-corrected chi connectivity index (χ4v) is 4.78. The summed E-state index contributed by atoms with van der Waals surface area (Å²) < 4.78 is 40.1. The second-order valence-corrected chi connectivity index (χ2v) is 8.94. The van der Waals surface area contributed by atoms with Crippen molar-refractivity contribution in [1.82, 2.24) is 29.4 Å². The Morgan fingerprint density at radius 1 is 1.11 bits per heavy atom.